The second-order valence-corrected chi connectivity index (χ2v) is 6.78. The van der Waals surface area contributed by atoms with E-state index < -0.39 is 8.25 Å². The smallest absolute Gasteiger partial charge is 0.308 e. The fraction of sp³-hybridized carbons (Fsp3) is 1.00. The molecule has 0 aliphatic heterocycles. The van der Waals surface area contributed by atoms with Crippen LogP contribution in [-0.4, -0.2) is 12.2 Å². The van der Waals surface area contributed by atoms with E-state index >= 15 is 0 Å². The molecule has 0 spiro atoms. The molecule has 21 heavy (non-hydrogen) atoms. The van der Waals surface area contributed by atoms with E-state index in [1.165, 1.54) is 38.5 Å². The third kappa shape index (κ3) is 16.9. The van der Waals surface area contributed by atoms with E-state index in [1.54, 1.807) is 0 Å². The molecule has 0 amide bonds. The molecule has 0 aromatic heterocycles. The van der Waals surface area contributed by atoms with E-state index in [-0.39, 0.29) is 29.0 Å². The summed E-state index contributed by atoms with van der Waals surface area (Å²) >= 11 is 0. The first-order valence-corrected chi connectivity index (χ1v) is 9.69. The summed E-state index contributed by atoms with van der Waals surface area (Å²) in [6, 6.07) is 0. The quantitative estimate of drug-likeness (QED) is 0.275. The summed E-state index contributed by atoms with van der Waals surface area (Å²) in [7, 11) is -2.32. The van der Waals surface area contributed by atoms with Gasteiger partial charge in [0.05, 0.1) is 12.2 Å². The standard InChI is InChI=1S/C16H35O3P.Co/c1-5-7-9-11-13-15(3)18-20(17)19-16(4)14-12-10-8-6-2;/h15-16,20H,5-14H2,1-4H3;/q;+3. The van der Waals surface area contributed by atoms with Crippen molar-refractivity contribution in [2.45, 2.75) is 104 Å². The van der Waals surface area contributed by atoms with Crippen molar-refractivity contribution >= 4 is 8.25 Å². The van der Waals surface area contributed by atoms with Crippen LogP contribution in [0.1, 0.15) is 91.9 Å². The van der Waals surface area contributed by atoms with Gasteiger partial charge in [0.25, 0.3) is 0 Å². The molecule has 0 bridgehead atoms. The average Bonchev–Trinajstić information content (AvgIpc) is 2.39. The summed E-state index contributed by atoms with van der Waals surface area (Å²) in [6.07, 6.45) is 11.8. The largest absolute Gasteiger partial charge is 3.00 e. The fourth-order valence-electron chi connectivity index (χ4n) is 2.19. The van der Waals surface area contributed by atoms with Gasteiger partial charge in [-0.15, -0.1) is 0 Å². The molecule has 0 heterocycles. The zero-order valence-corrected chi connectivity index (χ0v) is 16.3. The Labute approximate surface area is 143 Å². The Morgan fingerprint density at radius 2 is 1.14 bits per heavy atom. The molecule has 0 aliphatic carbocycles. The zero-order valence-electron chi connectivity index (χ0n) is 14.3. The van der Waals surface area contributed by atoms with Gasteiger partial charge in [0.1, 0.15) is 0 Å². The van der Waals surface area contributed by atoms with Crippen molar-refractivity contribution in [2.24, 2.45) is 0 Å². The van der Waals surface area contributed by atoms with Gasteiger partial charge >= 0.3 is 25.0 Å². The molecule has 0 saturated carbocycles. The second-order valence-electron chi connectivity index (χ2n) is 5.81. The van der Waals surface area contributed by atoms with E-state index in [0.29, 0.717) is 0 Å². The van der Waals surface area contributed by atoms with Crippen molar-refractivity contribution in [2.75, 3.05) is 0 Å². The first-order valence-electron chi connectivity index (χ1n) is 8.47. The molecule has 0 saturated heterocycles. The fourth-order valence-corrected chi connectivity index (χ4v) is 3.14. The zero-order chi connectivity index (χ0) is 15.2. The van der Waals surface area contributed by atoms with Crippen LogP contribution in [0.4, 0.5) is 0 Å². The third-order valence-corrected chi connectivity index (χ3v) is 4.71. The molecule has 128 valence electrons. The maximum Gasteiger partial charge on any atom is 3.00 e. The first kappa shape index (κ1) is 23.9. The summed E-state index contributed by atoms with van der Waals surface area (Å²) < 4.78 is 22.7. The Morgan fingerprint density at radius 3 is 1.48 bits per heavy atom. The predicted octanol–water partition coefficient (Wildman–Crippen LogP) is 6.12. The Hall–Kier alpha value is 0.656. The van der Waals surface area contributed by atoms with Gasteiger partial charge in [0.2, 0.25) is 0 Å². The third-order valence-electron chi connectivity index (χ3n) is 3.52. The summed E-state index contributed by atoms with van der Waals surface area (Å²) in [5, 5.41) is 0. The molecule has 0 aromatic carbocycles. The topological polar surface area (TPSA) is 35.5 Å². The molecule has 0 aliphatic rings. The van der Waals surface area contributed by atoms with Gasteiger partial charge in [-0.25, -0.2) is 0 Å². The van der Waals surface area contributed by atoms with E-state index in [2.05, 4.69) is 13.8 Å². The van der Waals surface area contributed by atoms with E-state index in [1.807, 2.05) is 13.8 Å². The van der Waals surface area contributed by atoms with Crippen molar-refractivity contribution in [3.05, 3.63) is 0 Å². The SMILES string of the molecule is CCCCCCC(C)O[PH](=O)OC(C)CCCCCC.[Co+3]. The van der Waals surface area contributed by atoms with Gasteiger partial charge in [-0.3, -0.25) is 4.57 Å². The monoisotopic (exact) mass is 365 g/mol. The van der Waals surface area contributed by atoms with Crippen LogP contribution >= 0.6 is 8.25 Å². The molecule has 0 radical (unpaired) electrons. The van der Waals surface area contributed by atoms with Crippen LogP contribution in [0.5, 0.6) is 0 Å². The number of unbranched alkanes of at least 4 members (excludes halogenated alkanes) is 6. The average molecular weight is 365 g/mol. The molecule has 5 heteroatoms. The van der Waals surface area contributed by atoms with Gasteiger partial charge in [-0.2, -0.15) is 0 Å². The summed E-state index contributed by atoms with van der Waals surface area (Å²) in [5.41, 5.74) is 0. The summed E-state index contributed by atoms with van der Waals surface area (Å²) in [6.45, 7) is 8.39. The molecule has 0 fully saturated rings. The Bertz CT molecular complexity index is 218. The van der Waals surface area contributed by atoms with Gasteiger partial charge < -0.3 is 9.05 Å². The van der Waals surface area contributed by atoms with Crippen LogP contribution in [0.15, 0.2) is 0 Å². The molecule has 2 unspecified atom stereocenters. The molecule has 2 atom stereocenters. The molecule has 0 aromatic rings. The van der Waals surface area contributed by atoms with Crippen molar-refractivity contribution in [3.63, 3.8) is 0 Å². The van der Waals surface area contributed by atoms with Gasteiger partial charge in [-0.1, -0.05) is 65.2 Å². The predicted molar refractivity (Wildman–Crippen MR) is 87.6 cm³/mol. The molecule has 0 N–H and O–H groups in total. The minimum absolute atomic E-state index is 0. The first-order chi connectivity index (χ1) is 9.60. The van der Waals surface area contributed by atoms with E-state index in [4.69, 9.17) is 9.05 Å². The number of hydrogen-bond acceptors (Lipinski definition) is 3. The maximum atomic E-state index is 11.8. The van der Waals surface area contributed by atoms with Crippen LogP contribution in [0, 0.1) is 0 Å². The van der Waals surface area contributed by atoms with Gasteiger partial charge in [0.15, 0.2) is 0 Å². The maximum absolute atomic E-state index is 11.8. The van der Waals surface area contributed by atoms with Crippen molar-refractivity contribution in [1.82, 2.24) is 0 Å². The van der Waals surface area contributed by atoms with E-state index in [0.717, 1.165) is 25.7 Å². The summed E-state index contributed by atoms with van der Waals surface area (Å²) in [4.78, 5) is 0. The minimum Gasteiger partial charge on any atom is -0.308 e. The summed E-state index contributed by atoms with van der Waals surface area (Å²) in [5.74, 6) is 0. The van der Waals surface area contributed by atoms with Gasteiger partial charge in [0, 0.05) is 0 Å². The number of hydrogen-bond donors (Lipinski definition) is 0. The molecular formula is C16H35CoO3P+3. The second kappa shape index (κ2) is 17.0. The Morgan fingerprint density at radius 1 is 0.762 bits per heavy atom. The van der Waals surface area contributed by atoms with Crippen LogP contribution in [-0.2, 0) is 30.4 Å². The number of rotatable bonds is 14. The van der Waals surface area contributed by atoms with Crippen LogP contribution in [0.3, 0.4) is 0 Å². The van der Waals surface area contributed by atoms with Crippen molar-refractivity contribution in [1.29, 1.82) is 0 Å². The minimum atomic E-state index is -2.32. The van der Waals surface area contributed by atoms with Gasteiger partial charge in [-0.05, 0) is 26.7 Å². The Balaban J connectivity index is 0. The van der Waals surface area contributed by atoms with Crippen LogP contribution in [0.2, 0.25) is 0 Å². The molecular weight excluding hydrogens is 330 g/mol. The van der Waals surface area contributed by atoms with Crippen molar-refractivity contribution < 1.29 is 30.4 Å². The molecule has 3 nitrogen and oxygen atoms in total. The van der Waals surface area contributed by atoms with Crippen molar-refractivity contribution in [3.8, 4) is 0 Å². The Kier molecular flexibility index (Phi) is 19.4. The normalized spacial score (nSPS) is 15.2. The van der Waals surface area contributed by atoms with Crippen LogP contribution in [0.25, 0.3) is 0 Å². The van der Waals surface area contributed by atoms with E-state index in [9.17, 15) is 4.57 Å². The van der Waals surface area contributed by atoms with Crippen LogP contribution < -0.4 is 0 Å². The molecule has 0 rings (SSSR count).